The maximum absolute atomic E-state index is 9.99. The Morgan fingerprint density at radius 1 is 1.88 bits per heavy atom. The first-order valence-electron chi connectivity index (χ1n) is 2.76. The molecule has 2 heteroatoms. The fourth-order valence-corrected chi connectivity index (χ4v) is 0.813. The molecule has 2 atom stereocenters. The summed E-state index contributed by atoms with van der Waals surface area (Å²) in [5.74, 6) is 0.838. The van der Waals surface area contributed by atoms with Gasteiger partial charge in [-0.25, -0.2) is 0 Å². The molecule has 0 aromatic heterocycles. The third-order valence-electron chi connectivity index (χ3n) is 1.52. The second kappa shape index (κ2) is 2.07. The summed E-state index contributed by atoms with van der Waals surface area (Å²) in [5, 5.41) is 0. The van der Waals surface area contributed by atoms with E-state index in [1.807, 2.05) is 0 Å². The molecule has 0 bridgehead atoms. The second-order valence-corrected chi connectivity index (χ2v) is 2.20. The normalized spacial score (nSPS) is 34.0. The molecule has 0 spiro atoms. The van der Waals surface area contributed by atoms with Crippen LogP contribution < -0.4 is 0 Å². The number of rotatable bonds is 3. The van der Waals surface area contributed by atoms with Gasteiger partial charge in [0.25, 0.3) is 0 Å². The summed E-state index contributed by atoms with van der Waals surface area (Å²) in [5.41, 5.74) is 0. The van der Waals surface area contributed by atoms with Crippen molar-refractivity contribution in [2.45, 2.75) is 6.42 Å². The highest BCUT2D eigenvalue weighted by atomic mass is 16.1. The Balaban J connectivity index is 2.16. The monoisotopic (exact) mass is 111 g/mol. The minimum absolute atomic E-state index is 0.306. The van der Waals surface area contributed by atoms with Crippen molar-refractivity contribution in [1.82, 2.24) is 0 Å². The van der Waals surface area contributed by atoms with Crippen LogP contribution in [0, 0.1) is 11.8 Å². The average Bonchev–Trinajstić information content (AvgIpc) is 2.48. The van der Waals surface area contributed by atoms with Crippen LogP contribution in [-0.2, 0) is 4.79 Å². The number of carbonyl (C=O) groups is 1. The van der Waals surface area contributed by atoms with Crippen molar-refractivity contribution in [2.75, 3.05) is 6.54 Å². The molecular formula is C6H9NO. The molecule has 0 unspecified atom stereocenters. The van der Waals surface area contributed by atoms with Gasteiger partial charge in [-0.1, -0.05) is 0 Å². The summed E-state index contributed by atoms with van der Waals surface area (Å²) in [6.45, 7) is 4.11. The van der Waals surface area contributed by atoms with Crippen molar-refractivity contribution in [3.8, 4) is 0 Å². The van der Waals surface area contributed by atoms with Crippen LogP contribution in [0.1, 0.15) is 6.42 Å². The lowest BCUT2D eigenvalue weighted by Crippen LogP contribution is -1.86. The van der Waals surface area contributed by atoms with E-state index in [2.05, 4.69) is 11.7 Å². The first kappa shape index (κ1) is 5.48. The van der Waals surface area contributed by atoms with Gasteiger partial charge >= 0.3 is 0 Å². The van der Waals surface area contributed by atoms with Crippen LogP contribution in [0.25, 0.3) is 0 Å². The van der Waals surface area contributed by atoms with E-state index in [9.17, 15) is 4.79 Å². The van der Waals surface area contributed by atoms with E-state index in [0.29, 0.717) is 11.8 Å². The lowest BCUT2D eigenvalue weighted by atomic mass is 10.3. The van der Waals surface area contributed by atoms with Crippen LogP contribution in [-0.4, -0.2) is 19.5 Å². The molecule has 1 aliphatic rings. The lowest BCUT2D eigenvalue weighted by Gasteiger charge is -1.82. The van der Waals surface area contributed by atoms with Gasteiger partial charge in [-0.3, -0.25) is 0 Å². The summed E-state index contributed by atoms with van der Waals surface area (Å²) in [6.07, 6.45) is 2.04. The highest BCUT2D eigenvalue weighted by Gasteiger charge is 2.35. The minimum atomic E-state index is 0.306. The summed E-state index contributed by atoms with van der Waals surface area (Å²) < 4.78 is 0. The standard InChI is InChI=1S/C6H9NO/c1-7-3-5-2-6(5)4-8/h4-6H,1-3H2/t5-,6-/m1/s1. The largest absolute Gasteiger partial charge is 0.303 e. The van der Waals surface area contributed by atoms with Crippen molar-refractivity contribution in [3.05, 3.63) is 0 Å². The molecule has 0 saturated heterocycles. The van der Waals surface area contributed by atoms with Gasteiger partial charge in [-0.05, 0) is 19.1 Å². The third-order valence-corrected chi connectivity index (χ3v) is 1.52. The summed E-state index contributed by atoms with van der Waals surface area (Å²) in [6, 6.07) is 0. The van der Waals surface area contributed by atoms with Crippen LogP contribution in [0.2, 0.25) is 0 Å². The van der Waals surface area contributed by atoms with E-state index in [1.165, 1.54) is 0 Å². The van der Waals surface area contributed by atoms with Crippen molar-refractivity contribution < 1.29 is 4.79 Å². The van der Waals surface area contributed by atoms with Crippen LogP contribution in [0.5, 0.6) is 0 Å². The first-order chi connectivity index (χ1) is 3.88. The van der Waals surface area contributed by atoms with E-state index in [4.69, 9.17) is 0 Å². The van der Waals surface area contributed by atoms with Crippen LogP contribution in [0.3, 0.4) is 0 Å². The van der Waals surface area contributed by atoms with Gasteiger partial charge in [0.15, 0.2) is 0 Å². The predicted molar refractivity (Wildman–Crippen MR) is 32.1 cm³/mol. The first-order valence-corrected chi connectivity index (χ1v) is 2.76. The molecule has 44 valence electrons. The van der Waals surface area contributed by atoms with Crippen molar-refractivity contribution in [1.29, 1.82) is 0 Å². The zero-order valence-corrected chi connectivity index (χ0v) is 4.71. The molecule has 1 fully saturated rings. The summed E-state index contributed by atoms with van der Waals surface area (Å²) in [7, 11) is 0. The van der Waals surface area contributed by atoms with E-state index >= 15 is 0 Å². The maximum atomic E-state index is 9.99. The molecule has 0 N–H and O–H groups in total. The molecule has 1 saturated carbocycles. The average molecular weight is 111 g/mol. The SMILES string of the molecule is C=NC[C@H]1C[C@@H]1C=O. The molecule has 0 aromatic carbocycles. The molecule has 0 aliphatic heterocycles. The molecule has 1 rings (SSSR count). The number of hydrogen-bond donors (Lipinski definition) is 0. The van der Waals surface area contributed by atoms with E-state index in [1.54, 1.807) is 0 Å². The van der Waals surface area contributed by atoms with Gasteiger partial charge in [-0.15, -0.1) is 0 Å². The number of carbonyl (C=O) groups excluding carboxylic acids is 1. The van der Waals surface area contributed by atoms with Crippen LogP contribution >= 0.6 is 0 Å². The molecule has 0 aromatic rings. The Labute approximate surface area is 48.6 Å². The second-order valence-electron chi connectivity index (χ2n) is 2.20. The fourth-order valence-electron chi connectivity index (χ4n) is 0.813. The number of aldehydes is 1. The Kier molecular flexibility index (Phi) is 1.42. The molecular weight excluding hydrogens is 102 g/mol. The number of aliphatic imine (C=N–C) groups is 1. The van der Waals surface area contributed by atoms with Crippen LogP contribution in [0.4, 0.5) is 0 Å². The molecule has 0 heterocycles. The Bertz CT molecular complexity index is 111. The molecule has 0 radical (unpaired) electrons. The Hall–Kier alpha value is -0.660. The summed E-state index contributed by atoms with van der Waals surface area (Å²) in [4.78, 5) is 13.7. The van der Waals surface area contributed by atoms with E-state index < -0.39 is 0 Å². The Morgan fingerprint density at radius 3 is 3.00 bits per heavy atom. The highest BCUT2D eigenvalue weighted by molar-refractivity contribution is 5.58. The zero-order chi connectivity index (χ0) is 5.98. The summed E-state index contributed by atoms with van der Waals surface area (Å²) >= 11 is 0. The van der Waals surface area contributed by atoms with Crippen molar-refractivity contribution in [2.24, 2.45) is 16.8 Å². The third kappa shape index (κ3) is 0.941. The molecule has 0 amide bonds. The highest BCUT2D eigenvalue weighted by Crippen LogP contribution is 2.36. The quantitative estimate of drug-likeness (QED) is 0.385. The van der Waals surface area contributed by atoms with Crippen molar-refractivity contribution >= 4 is 13.0 Å². The van der Waals surface area contributed by atoms with Gasteiger partial charge in [0.05, 0.1) is 0 Å². The van der Waals surface area contributed by atoms with Gasteiger partial charge in [-0.2, -0.15) is 0 Å². The van der Waals surface area contributed by atoms with Gasteiger partial charge in [0.1, 0.15) is 6.29 Å². The lowest BCUT2D eigenvalue weighted by molar-refractivity contribution is -0.109. The maximum Gasteiger partial charge on any atom is 0.123 e. The van der Waals surface area contributed by atoms with Gasteiger partial charge in [0.2, 0.25) is 0 Å². The van der Waals surface area contributed by atoms with Gasteiger partial charge < -0.3 is 9.79 Å². The molecule has 1 aliphatic carbocycles. The smallest absolute Gasteiger partial charge is 0.123 e. The predicted octanol–water partition coefficient (Wildman–Crippen LogP) is 0.522. The zero-order valence-electron chi connectivity index (χ0n) is 4.71. The van der Waals surface area contributed by atoms with Crippen molar-refractivity contribution in [3.63, 3.8) is 0 Å². The number of hydrogen-bond acceptors (Lipinski definition) is 2. The van der Waals surface area contributed by atoms with E-state index in [0.717, 1.165) is 19.3 Å². The number of nitrogens with zero attached hydrogens (tertiary/aromatic N) is 1. The van der Waals surface area contributed by atoms with Crippen LogP contribution in [0.15, 0.2) is 4.99 Å². The van der Waals surface area contributed by atoms with E-state index in [-0.39, 0.29) is 0 Å². The Morgan fingerprint density at radius 2 is 2.62 bits per heavy atom. The molecule has 2 nitrogen and oxygen atoms in total. The topological polar surface area (TPSA) is 29.4 Å². The minimum Gasteiger partial charge on any atom is -0.303 e. The molecule has 8 heavy (non-hydrogen) atoms. The fraction of sp³-hybridized carbons (Fsp3) is 0.667. The van der Waals surface area contributed by atoms with Gasteiger partial charge in [0, 0.05) is 12.5 Å².